The van der Waals surface area contributed by atoms with Crippen LogP contribution in [0.25, 0.3) is 0 Å². The number of nitrogens with one attached hydrogen (secondary N) is 2. The van der Waals surface area contributed by atoms with E-state index in [0.29, 0.717) is 10.8 Å². The zero-order valence-corrected chi connectivity index (χ0v) is 12.6. The zero-order chi connectivity index (χ0) is 15.9. The van der Waals surface area contributed by atoms with Crippen LogP contribution in [0, 0.1) is 0 Å². The van der Waals surface area contributed by atoms with Gasteiger partial charge in [0.05, 0.1) is 12.1 Å². The highest BCUT2D eigenvalue weighted by molar-refractivity contribution is 6.39. The number of carbonyl (C=O) groups excluding carboxylic acids is 2. The molecule has 0 radical (unpaired) electrons. The Kier molecular flexibility index (Phi) is 5.32. The van der Waals surface area contributed by atoms with E-state index in [4.69, 9.17) is 16.3 Å². The number of amides is 2. The molecule has 1 heterocycles. The van der Waals surface area contributed by atoms with Gasteiger partial charge in [-0.1, -0.05) is 29.8 Å². The highest BCUT2D eigenvalue weighted by Crippen LogP contribution is 2.16. The van der Waals surface area contributed by atoms with E-state index >= 15 is 0 Å². The molecule has 0 aliphatic heterocycles. The lowest BCUT2D eigenvalue weighted by Crippen LogP contribution is -2.35. The van der Waals surface area contributed by atoms with Gasteiger partial charge in [0.2, 0.25) is 0 Å². The number of hydrogen-bond acceptors (Lipinski definition) is 4. The number of para-hydroxylation sites is 1. The van der Waals surface area contributed by atoms with Crippen molar-refractivity contribution >= 4 is 29.2 Å². The monoisotopic (exact) mass is 319 g/mol. The van der Waals surface area contributed by atoms with E-state index in [1.807, 2.05) is 12.1 Å². The van der Waals surface area contributed by atoms with Crippen LogP contribution >= 0.6 is 11.6 Å². The lowest BCUT2D eigenvalue weighted by atomic mass is 10.2. The van der Waals surface area contributed by atoms with E-state index < -0.39 is 11.8 Å². The highest BCUT2D eigenvalue weighted by Gasteiger charge is 2.14. The largest absolute Gasteiger partial charge is 0.496 e. The number of nitrogens with zero attached hydrogens (tertiary/aromatic N) is 1. The maximum Gasteiger partial charge on any atom is 0.314 e. The lowest BCUT2D eigenvalue weighted by molar-refractivity contribution is -0.136. The Balaban J connectivity index is 1.91. The van der Waals surface area contributed by atoms with Gasteiger partial charge in [0, 0.05) is 18.3 Å². The van der Waals surface area contributed by atoms with Gasteiger partial charge in [-0.3, -0.25) is 9.59 Å². The Hall–Kier alpha value is -2.60. The first-order valence-electron chi connectivity index (χ1n) is 6.43. The lowest BCUT2D eigenvalue weighted by Gasteiger charge is -2.09. The number of halogens is 1. The van der Waals surface area contributed by atoms with Crippen molar-refractivity contribution in [1.82, 2.24) is 10.3 Å². The Morgan fingerprint density at radius 3 is 2.64 bits per heavy atom. The number of methoxy groups -OCH3 is 1. The van der Waals surface area contributed by atoms with E-state index in [0.717, 1.165) is 5.56 Å². The predicted octanol–water partition coefficient (Wildman–Crippen LogP) is 2.00. The van der Waals surface area contributed by atoms with Gasteiger partial charge in [0.15, 0.2) is 0 Å². The van der Waals surface area contributed by atoms with Gasteiger partial charge in [-0.05, 0) is 18.2 Å². The van der Waals surface area contributed by atoms with Crippen molar-refractivity contribution in [3.8, 4) is 5.75 Å². The normalized spacial score (nSPS) is 9.91. The quantitative estimate of drug-likeness (QED) is 0.845. The summed E-state index contributed by atoms with van der Waals surface area (Å²) in [6.45, 7) is 0.185. The number of anilines is 1. The van der Waals surface area contributed by atoms with Crippen molar-refractivity contribution in [2.45, 2.75) is 6.54 Å². The first-order chi connectivity index (χ1) is 10.6. The molecule has 0 atom stereocenters. The SMILES string of the molecule is COc1ccccc1CNC(=O)C(=O)Nc1ccc(Cl)cn1. The average Bonchev–Trinajstić information content (AvgIpc) is 2.54. The minimum Gasteiger partial charge on any atom is -0.496 e. The number of benzene rings is 1. The van der Waals surface area contributed by atoms with Crippen molar-refractivity contribution in [3.63, 3.8) is 0 Å². The second kappa shape index (κ2) is 7.42. The Morgan fingerprint density at radius 1 is 1.18 bits per heavy atom. The fourth-order valence-electron chi connectivity index (χ4n) is 1.73. The van der Waals surface area contributed by atoms with Gasteiger partial charge in [-0.15, -0.1) is 0 Å². The van der Waals surface area contributed by atoms with Gasteiger partial charge >= 0.3 is 11.8 Å². The molecule has 0 unspecified atom stereocenters. The summed E-state index contributed by atoms with van der Waals surface area (Å²) in [5.41, 5.74) is 0.774. The van der Waals surface area contributed by atoms with Gasteiger partial charge < -0.3 is 15.4 Å². The molecule has 2 rings (SSSR count). The number of aromatic nitrogens is 1. The molecule has 6 nitrogen and oxygen atoms in total. The maximum absolute atomic E-state index is 11.8. The molecule has 2 amide bonds. The Labute approximate surface area is 132 Å². The van der Waals surface area contributed by atoms with Crippen LogP contribution in [0.1, 0.15) is 5.56 Å². The van der Waals surface area contributed by atoms with Gasteiger partial charge in [-0.25, -0.2) is 4.98 Å². The van der Waals surface area contributed by atoms with Crippen LogP contribution in [0.5, 0.6) is 5.75 Å². The fraction of sp³-hybridized carbons (Fsp3) is 0.133. The molecule has 114 valence electrons. The summed E-state index contributed by atoms with van der Waals surface area (Å²) in [6, 6.07) is 10.3. The van der Waals surface area contributed by atoms with E-state index in [9.17, 15) is 9.59 Å². The molecule has 22 heavy (non-hydrogen) atoms. The van der Waals surface area contributed by atoms with Crippen LogP contribution in [0.15, 0.2) is 42.6 Å². The topological polar surface area (TPSA) is 80.3 Å². The molecule has 1 aromatic carbocycles. The minimum absolute atomic E-state index is 0.185. The van der Waals surface area contributed by atoms with Crippen molar-refractivity contribution in [1.29, 1.82) is 0 Å². The predicted molar refractivity (Wildman–Crippen MR) is 82.7 cm³/mol. The summed E-state index contributed by atoms with van der Waals surface area (Å²) in [5, 5.41) is 5.35. The van der Waals surface area contributed by atoms with Crippen LogP contribution in [-0.4, -0.2) is 23.9 Å². The summed E-state index contributed by atoms with van der Waals surface area (Å²) in [7, 11) is 1.54. The van der Waals surface area contributed by atoms with Crippen LogP contribution in [0.2, 0.25) is 5.02 Å². The minimum atomic E-state index is -0.801. The molecule has 0 saturated carbocycles. The summed E-state index contributed by atoms with van der Waals surface area (Å²) >= 11 is 5.69. The Bertz CT molecular complexity index is 674. The van der Waals surface area contributed by atoms with E-state index in [1.54, 1.807) is 25.3 Å². The van der Waals surface area contributed by atoms with Gasteiger partial charge in [-0.2, -0.15) is 0 Å². The third-order valence-corrected chi connectivity index (χ3v) is 3.03. The number of ether oxygens (including phenoxy) is 1. The Morgan fingerprint density at radius 2 is 1.95 bits per heavy atom. The molecule has 0 saturated heterocycles. The summed E-state index contributed by atoms with van der Waals surface area (Å²) < 4.78 is 5.17. The number of pyridine rings is 1. The van der Waals surface area contributed by atoms with E-state index in [-0.39, 0.29) is 12.4 Å². The maximum atomic E-state index is 11.8. The molecule has 0 fully saturated rings. The molecule has 0 spiro atoms. The first kappa shape index (κ1) is 15.8. The smallest absolute Gasteiger partial charge is 0.314 e. The molecule has 2 aromatic rings. The van der Waals surface area contributed by atoms with E-state index in [2.05, 4.69) is 15.6 Å². The summed E-state index contributed by atoms with van der Waals surface area (Å²) in [4.78, 5) is 27.4. The number of hydrogen-bond donors (Lipinski definition) is 2. The molecular formula is C15H14ClN3O3. The van der Waals surface area contributed by atoms with Crippen LogP contribution < -0.4 is 15.4 Å². The van der Waals surface area contributed by atoms with Crippen LogP contribution in [0.3, 0.4) is 0 Å². The third kappa shape index (κ3) is 4.20. The molecular weight excluding hydrogens is 306 g/mol. The second-order valence-electron chi connectivity index (χ2n) is 4.31. The van der Waals surface area contributed by atoms with Gasteiger partial charge in [0.25, 0.3) is 0 Å². The third-order valence-electron chi connectivity index (χ3n) is 2.81. The van der Waals surface area contributed by atoms with Crippen molar-refractivity contribution in [2.24, 2.45) is 0 Å². The molecule has 7 heteroatoms. The molecule has 0 aliphatic rings. The number of carbonyl (C=O) groups is 2. The van der Waals surface area contributed by atoms with Crippen molar-refractivity contribution < 1.29 is 14.3 Å². The molecule has 2 N–H and O–H groups in total. The number of rotatable bonds is 4. The van der Waals surface area contributed by atoms with Crippen LogP contribution in [-0.2, 0) is 16.1 Å². The summed E-state index contributed by atoms with van der Waals surface area (Å²) in [6.07, 6.45) is 1.38. The van der Waals surface area contributed by atoms with Crippen molar-refractivity contribution in [2.75, 3.05) is 12.4 Å². The van der Waals surface area contributed by atoms with Crippen LogP contribution in [0.4, 0.5) is 5.82 Å². The highest BCUT2D eigenvalue weighted by atomic mass is 35.5. The molecule has 0 bridgehead atoms. The first-order valence-corrected chi connectivity index (χ1v) is 6.80. The summed E-state index contributed by atoms with van der Waals surface area (Å²) in [5.74, 6) is -0.670. The second-order valence-corrected chi connectivity index (χ2v) is 4.75. The average molecular weight is 320 g/mol. The zero-order valence-electron chi connectivity index (χ0n) is 11.8. The van der Waals surface area contributed by atoms with E-state index in [1.165, 1.54) is 12.3 Å². The molecule has 1 aromatic heterocycles. The fourth-order valence-corrected chi connectivity index (χ4v) is 1.84. The molecule has 0 aliphatic carbocycles. The van der Waals surface area contributed by atoms with Crippen molar-refractivity contribution in [3.05, 3.63) is 53.2 Å². The standard InChI is InChI=1S/C15H14ClN3O3/c1-22-12-5-3-2-4-10(12)8-18-14(20)15(21)19-13-7-6-11(16)9-17-13/h2-7,9H,8H2,1H3,(H,18,20)(H,17,19,21). The van der Waals surface area contributed by atoms with Gasteiger partial charge in [0.1, 0.15) is 11.6 Å².